The molecule has 0 saturated carbocycles. The van der Waals surface area contributed by atoms with Crippen molar-refractivity contribution in [2.45, 2.75) is 39.2 Å². The zero-order chi connectivity index (χ0) is 12.8. The number of halogens is 1. The van der Waals surface area contributed by atoms with Gasteiger partial charge in [0.2, 0.25) is 11.8 Å². The number of amides is 2. The standard InChI is InChI=1S/C12H23N3O2.ClH/c1-8(2)11(12(13)17)15-10(16)7-9-3-5-14-6-4-9;/h8-9,11,14H,3-7H2,1-2H3,(H2,13,17)(H,15,16);1H/t11-;/m0./s1. The van der Waals surface area contributed by atoms with Crippen LogP contribution in [0.3, 0.4) is 0 Å². The van der Waals surface area contributed by atoms with Crippen LogP contribution >= 0.6 is 12.4 Å². The summed E-state index contributed by atoms with van der Waals surface area (Å²) < 4.78 is 0. The maximum absolute atomic E-state index is 11.8. The first kappa shape index (κ1) is 17.2. The van der Waals surface area contributed by atoms with Crippen LogP contribution in [0.15, 0.2) is 0 Å². The third-order valence-corrected chi connectivity index (χ3v) is 3.22. The van der Waals surface area contributed by atoms with Crippen LogP contribution in [-0.4, -0.2) is 30.9 Å². The van der Waals surface area contributed by atoms with Crippen LogP contribution in [0.2, 0.25) is 0 Å². The zero-order valence-electron chi connectivity index (χ0n) is 11.1. The van der Waals surface area contributed by atoms with Crippen molar-refractivity contribution in [2.24, 2.45) is 17.6 Å². The molecule has 1 atom stereocenters. The molecule has 1 heterocycles. The van der Waals surface area contributed by atoms with E-state index in [1.165, 1.54) is 0 Å². The molecule has 0 aromatic carbocycles. The van der Waals surface area contributed by atoms with Crippen LogP contribution in [0.25, 0.3) is 0 Å². The molecule has 1 saturated heterocycles. The molecule has 4 N–H and O–H groups in total. The SMILES string of the molecule is CC(C)[C@H](NC(=O)CC1CCNCC1)C(N)=O.Cl. The lowest BCUT2D eigenvalue weighted by Crippen LogP contribution is -2.48. The van der Waals surface area contributed by atoms with E-state index in [1.54, 1.807) is 0 Å². The van der Waals surface area contributed by atoms with Crippen LogP contribution in [0.5, 0.6) is 0 Å². The smallest absolute Gasteiger partial charge is 0.240 e. The predicted molar refractivity (Wildman–Crippen MR) is 73.4 cm³/mol. The van der Waals surface area contributed by atoms with E-state index in [-0.39, 0.29) is 24.2 Å². The highest BCUT2D eigenvalue weighted by Crippen LogP contribution is 2.15. The average molecular weight is 278 g/mol. The summed E-state index contributed by atoms with van der Waals surface area (Å²) in [5.41, 5.74) is 5.26. The fourth-order valence-corrected chi connectivity index (χ4v) is 2.15. The molecule has 18 heavy (non-hydrogen) atoms. The Balaban J connectivity index is 0.00000289. The highest BCUT2D eigenvalue weighted by atomic mass is 35.5. The topological polar surface area (TPSA) is 84.2 Å². The Bertz CT molecular complexity index is 278. The molecule has 0 aliphatic carbocycles. The molecule has 106 valence electrons. The highest BCUT2D eigenvalue weighted by molar-refractivity contribution is 5.86. The van der Waals surface area contributed by atoms with Crippen LogP contribution in [0.4, 0.5) is 0 Å². The van der Waals surface area contributed by atoms with E-state index < -0.39 is 11.9 Å². The summed E-state index contributed by atoms with van der Waals surface area (Å²) in [5, 5.41) is 5.99. The van der Waals surface area contributed by atoms with Gasteiger partial charge >= 0.3 is 0 Å². The lowest BCUT2D eigenvalue weighted by atomic mass is 9.94. The molecule has 1 aliphatic heterocycles. The Hall–Kier alpha value is -0.810. The minimum absolute atomic E-state index is 0. The van der Waals surface area contributed by atoms with Crippen molar-refractivity contribution in [1.29, 1.82) is 0 Å². The molecule has 5 nitrogen and oxygen atoms in total. The van der Waals surface area contributed by atoms with Gasteiger partial charge in [0.1, 0.15) is 6.04 Å². The van der Waals surface area contributed by atoms with Gasteiger partial charge < -0.3 is 16.4 Å². The first-order valence-corrected chi connectivity index (χ1v) is 6.30. The predicted octanol–water partition coefficient (Wildman–Crippen LogP) is 0.424. The van der Waals surface area contributed by atoms with Crippen LogP contribution < -0.4 is 16.4 Å². The van der Waals surface area contributed by atoms with Gasteiger partial charge in [0, 0.05) is 6.42 Å². The average Bonchev–Trinajstić information content (AvgIpc) is 2.26. The molecule has 0 unspecified atom stereocenters. The van der Waals surface area contributed by atoms with E-state index in [1.807, 2.05) is 13.8 Å². The van der Waals surface area contributed by atoms with Gasteiger partial charge in [-0.05, 0) is 37.8 Å². The Morgan fingerprint density at radius 3 is 2.33 bits per heavy atom. The van der Waals surface area contributed by atoms with Crippen molar-refractivity contribution < 1.29 is 9.59 Å². The van der Waals surface area contributed by atoms with Crippen LogP contribution in [0, 0.1) is 11.8 Å². The number of nitrogens with one attached hydrogen (secondary N) is 2. The van der Waals surface area contributed by atoms with E-state index in [0.29, 0.717) is 12.3 Å². The number of rotatable bonds is 5. The van der Waals surface area contributed by atoms with E-state index >= 15 is 0 Å². The fourth-order valence-electron chi connectivity index (χ4n) is 2.15. The number of piperidine rings is 1. The fraction of sp³-hybridized carbons (Fsp3) is 0.833. The largest absolute Gasteiger partial charge is 0.368 e. The van der Waals surface area contributed by atoms with Crippen LogP contribution in [0.1, 0.15) is 33.1 Å². The van der Waals surface area contributed by atoms with Gasteiger partial charge in [-0.25, -0.2) is 0 Å². The van der Waals surface area contributed by atoms with Crippen molar-refractivity contribution in [3.63, 3.8) is 0 Å². The minimum Gasteiger partial charge on any atom is -0.368 e. The molecule has 0 spiro atoms. The Morgan fingerprint density at radius 1 is 1.33 bits per heavy atom. The molecule has 1 rings (SSSR count). The number of hydrogen-bond donors (Lipinski definition) is 3. The molecule has 1 aliphatic rings. The lowest BCUT2D eigenvalue weighted by Gasteiger charge is -2.24. The maximum atomic E-state index is 11.8. The van der Waals surface area contributed by atoms with Gasteiger partial charge in [0.05, 0.1) is 0 Å². The number of hydrogen-bond acceptors (Lipinski definition) is 3. The second-order valence-corrected chi connectivity index (χ2v) is 5.09. The molecule has 1 fully saturated rings. The van der Waals surface area contributed by atoms with Crippen molar-refractivity contribution in [1.82, 2.24) is 10.6 Å². The third kappa shape index (κ3) is 5.69. The Kier molecular flexibility index (Phi) is 7.95. The molecule has 2 amide bonds. The summed E-state index contributed by atoms with van der Waals surface area (Å²) in [7, 11) is 0. The van der Waals surface area contributed by atoms with E-state index in [0.717, 1.165) is 25.9 Å². The first-order chi connectivity index (χ1) is 8.00. The monoisotopic (exact) mass is 277 g/mol. The molecule has 0 aromatic rings. The van der Waals surface area contributed by atoms with E-state index in [2.05, 4.69) is 10.6 Å². The zero-order valence-corrected chi connectivity index (χ0v) is 11.9. The van der Waals surface area contributed by atoms with Gasteiger partial charge in [0.15, 0.2) is 0 Å². The van der Waals surface area contributed by atoms with Crippen molar-refractivity contribution in [3.8, 4) is 0 Å². The Morgan fingerprint density at radius 2 is 1.89 bits per heavy atom. The molecule has 0 aromatic heterocycles. The van der Waals surface area contributed by atoms with E-state index in [4.69, 9.17) is 5.73 Å². The molecule has 0 radical (unpaired) electrons. The number of nitrogens with two attached hydrogens (primary N) is 1. The molecule has 0 bridgehead atoms. The third-order valence-electron chi connectivity index (χ3n) is 3.22. The summed E-state index contributed by atoms with van der Waals surface area (Å²) in [6, 6.07) is -0.552. The summed E-state index contributed by atoms with van der Waals surface area (Å²) in [6.07, 6.45) is 2.55. The highest BCUT2D eigenvalue weighted by Gasteiger charge is 2.23. The molecular weight excluding hydrogens is 254 g/mol. The second-order valence-electron chi connectivity index (χ2n) is 5.09. The van der Waals surface area contributed by atoms with Gasteiger partial charge in [-0.2, -0.15) is 0 Å². The van der Waals surface area contributed by atoms with E-state index in [9.17, 15) is 9.59 Å². The second kappa shape index (κ2) is 8.32. The normalized spacial score (nSPS) is 17.9. The van der Waals surface area contributed by atoms with Crippen molar-refractivity contribution in [2.75, 3.05) is 13.1 Å². The molecule has 6 heteroatoms. The van der Waals surface area contributed by atoms with Gasteiger partial charge in [-0.15, -0.1) is 12.4 Å². The van der Waals surface area contributed by atoms with Gasteiger partial charge in [-0.3, -0.25) is 9.59 Å². The number of carbonyl (C=O) groups is 2. The van der Waals surface area contributed by atoms with Gasteiger partial charge in [0.25, 0.3) is 0 Å². The number of carbonyl (C=O) groups excluding carboxylic acids is 2. The summed E-state index contributed by atoms with van der Waals surface area (Å²) in [6.45, 7) is 5.70. The quantitative estimate of drug-likeness (QED) is 0.681. The lowest BCUT2D eigenvalue weighted by molar-refractivity contribution is -0.129. The Labute approximate surface area is 115 Å². The number of primary amides is 1. The van der Waals surface area contributed by atoms with Crippen molar-refractivity contribution in [3.05, 3.63) is 0 Å². The minimum atomic E-state index is -0.552. The van der Waals surface area contributed by atoms with Crippen LogP contribution in [-0.2, 0) is 9.59 Å². The van der Waals surface area contributed by atoms with Crippen molar-refractivity contribution >= 4 is 24.2 Å². The maximum Gasteiger partial charge on any atom is 0.240 e. The summed E-state index contributed by atoms with van der Waals surface area (Å²) in [4.78, 5) is 23.0. The summed E-state index contributed by atoms with van der Waals surface area (Å²) in [5.74, 6) is -0.0607. The van der Waals surface area contributed by atoms with Gasteiger partial charge in [-0.1, -0.05) is 13.8 Å². The molecular formula is C12H24ClN3O2. The first-order valence-electron chi connectivity index (χ1n) is 6.30. The summed E-state index contributed by atoms with van der Waals surface area (Å²) >= 11 is 0.